The predicted molar refractivity (Wildman–Crippen MR) is 84.9 cm³/mol. The highest BCUT2D eigenvalue weighted by Gasteiger charge is 1.90. The Hall–Kier alpha value is 0.400. The van der Waals surface area contributed by atoms with Gasteiger partial charge in [0.05, 0.1) is 0 Å². The van der Waals surface area contributed by atoms with Crippen molar-refractivity contribution in [1.82, 2.24) is 21.3 Å². The van der Waals surface area contributed by atoms with E-state index in [9.17, 15) is 0 Å². The lowest BCUT2D eigenvalue weighted by molar-refractivity contribution is 0.605. The molecular formula is C8H18N4S4. The summed E-state index contributed by atoms with van der Waals surface area (Å²) in [6, 6.07) is 0. The van der Waals surface area contributed by atoms with Crippen molar-refractivity contribution in [2.45, 2.75) is 0 Å². The van der Waals surface area contributed by atoms with Gasteiger partial charge in [0.15, 0.2) is 0 Å². The first-order chi connectivity index (χ1) is 7.63. The quantitative estimate of drug-likeness (QED) is 0.201. The molecule has 0 aromatic rings. The largest absolute Gasteiger partial charge is 0.370 e. The monoisotopic (exact) mass is 298 g/mol. The van der Waals surface area contributed by atoms with E-state index in [1.807, 2.05) is 0 Å². The fourth-order valence-electron chi connectivity index (χ4n) is 0.942. The zero-order chi connectivity index (χ0) is 12.2. The Morgan fingerprint density at radius 3 is 1.31 bits per heavy atom. The molecule has 0 saturated heterocycles. The molecule has 0 unspecified atom stereocenters. The topological polar surface area (TPSA) is 48.1 Å². The van der Waals surface area contributed by atoms with Crippen LogP contribution in [0.25, 0.3) is 0 Å². The smallest absolute Gasteiger partial charge is 0.130 e. The van der Waals surface area contributed by atoms with Crippen LogP contribution in [-0.4, -0.2) is 47.9 Å². The van der Waals surface area contributed by atoms with Crippen LogP contribution < -0.4 is 21.3 Å². The highest BCUT2D eigenvalue weighted by Crippen LogP contribution is 1.75. The first-order valence-electron chi connectivity index (χ1n) is 4.98. The van der Waals surface area contributed by atoms with Crippen LogP contribution in [0, 0.1) is 0 Å². The van der Waals surface area contributed by atoms with Crippen LogP contribution in [0.3, 0.4) is 0 Å². The van der Waals surface area contributed by atoms with Crippen LogP contribution in [0.5, 0.6) is 0 Å². The molecule has 0 atom stereocenters. The summed E-state index contributed by atoms with van der Waals surface area (Å²) in [7, 11) is 0. The Bertz CT molecular complexity index is 190. The first kappa shape index (κ1) is 16.4. The summed E-state index contributed by atoms with van der Waals surface area (Å²) in [6.45, 7) is 5.21. The lowest BCUT2D eigenvalue weighted by Crippen LogP contribution is -2.35. The number of thiol groups is 2. The fourth-order valence-corrected chi connectivity index (χ4v) is 1.37. The molecule has 0 aliphatic carbocycles. The van der Waals surface area contributed by atoms with E-state index >= 15 is 0 Å². The maximum absolute atomic E-state index is 4.75. The fraction of sp³-hybridized carbons (Fsp3) is 0.750. The van der Waals surface area contributed by atoms with Crippen LogP contribution in [0.2, 0.25) is 0 Å². The number of hydrogen-bond acceptors (Lipinski definition) is 4. The van der Waals surface area contributed by atoms with Gasteiger partial charge in [0.25, 0.3) is 0 Å². The molecule has 0 bridgehead atoms. The summed E-state index contributed by atoms with van der Waals surface area (Å²) in [6.07, 6.45) is 0. The van der Waals surface area contributed by atoms with E-state index in [2.05, 4.69) is 46.5 Å². The summed E-state index contributed by atoms with van der Waals surface area (Å²) >= 11 is 17.4. The van der Waals surface area contributed by atoms with E-state index in [0.717, 1.165) is 39.3 Å². The molecule has 0 aromatic carbocycles. The summed E-state index contributed by atoms with van der Waals surface area (Å²) in [5, 5.41) is 12.4. The highest BCUT2D eigenvalue weighted by molar-refractivity contribution is 8.11. The van der Waals surface area contributed by atoms with Crippen molar-refractivity contribution >= 4 is 58.3 Å². The molecule has 4 N–H and O–H groups in total. The number of nitrogens with one attached hydrogen (secondary N) is 4. The minimum atomic E-state index is 0.536. The Morgan fingerprint density at radius 1 is 0.688 bits per heavy atom. The zero-order valence-electron chi connectivity index (χ0n) is 8.95. The average Bonchev–Trinajstić information content (AvgIpc) is 2.20. The van der Waals surface area contributed by atoms with Crippen molar-refractivity contribution in [3.8, 4) is 0 Å². The molecule has 0 amide bonds. The maximum Gasteiger partial charge on any atom is 0.130 e. The number of thiocarbonyl (C=S) groups is 2. The van der Waals surface area contributed by atoms with Gasteiger partial charge in [-0.05, 0) is 0 Å². The Labute approximate surface area is 119 Å². The van der Waals surface area contributed by atoms with Crippen LogP contribution in [0.1, 0.15) is 0 Å². The second-order valence-corrected chi connectivity index (χ2v) is 5.28. The standard InChI is InChI=1S/C8H18N4S4/c13-7(14)11-5-3-9-1-2-10-4-6-12-8(15)16/h9-10H,1-6H2,(H2,11,13,14)(H2,12,15,16). The molecule has 0 spiro atoms. The third-order valence-corrected chi connectivity index (χ3v) is 2.24. The van der Waals surface area contributed by atoms with Crippen molar-refractivity contribution < 1.29 is 0 Å². The lowest BCUT2D eigenvalue weighted by atomic mass is 10.5. The SMILES string of the molecule is S=C(S)NCCNCCNCCNC(=S)S. The zero-order valence-corrected chi connectivity index (χ0v) is 12.4. The summed E-state index contributed by atoms with van der Waals surface area (Å²) < 4.78 is 1.07. The second kappa shape index (κ2) is 11.9. The van der Waals surface area contributed by atoms with E-state index in [4.69, 9.17) is 24.4 Å². The molecule has 0 rings (SSSR count). The molecular weight excluding hydrogens is 280 g/mol. The molecule has 8 heteroatoms. The molecule has 0 aliphatic heterocycles. The van der Waals surface area contributed by atoms with Gasteiger partial charge < -0.3 is 21.3 Å². The van der Waals surface area contributed by atoms with Crippen LogP contribution in [0.15, 0.2) is 0 Å². The lowest BCUT2D eigenvalue weighted by Gasteiger charge is -2.07. The van der Waals surface area contributed by atoms with Gasteiger partial charge in [0.1, 0.15) is 8.64 Å². The van der Waals surface area contributed by atoms with Gasteiger partial charge in [-0.1, -0.05) is 24.4 Å². The van der Waals surface area contributed by atoms with Gasteiger partial charge in [-0.25, -0.2) is 0 Å². The van der Waals surface area contributed by atoms with Crippen molar-refractivity contribution in [2.24, 2.45) is 0 Å². The van der Waals surface area contributed by atoms with Gasteiger partial charge in [-0.3, -0.25) is 0 Å². The Balaban J connectivity index is 2.98. The van der Waals surface area contributed by atoms with E-state index in [0.29, 0.717) is 8.64 Å². The van der Waals surface area contributed by atoms with Gasteiger partial charge in [0, 0.05) is 39.3 Å². The van der Waals surface area contributed by atoms with Gasteiger partial charge in [0.2, 0.25) is 0 Å². The van der Waals surface area contributed by atoms with Gasteiger partial charge in [-0.15, -0.1) is 25.3 Å². The molecule has 4 nitrogen and oxygen atoms in total. The van der Waals surface area contributed by atoms with Gasteiger partial charge in [-0.2, -0.15) is 0 Å². The summed E-state index contributed by atoms with van der Waals surface area (Å²) in [5.74, 6) is 0. The molecule has 0 aromatic heterocycles. The molecule has 0 aliphatic rings. The van der Waals surface area contributed by atoms with Crippen LogP contribution in [0.4, 0.5) is 0 Å². The normalized spacial score (nSPS) is 9.88. The Kier molecular flexibility index (Phi) is 12.2. The third-order valence-electron chi connectivity index (χ3n) is 1.63. The molecule has 0 radical (unpaired) electrons. The molecule has 16 heavy (non-hydrogen) atoms. The highest BCUT2D eigenvalue weighted by atomic mass is 32.1. The average molecular weight is 299 g/mol. The predicted octanol–water partition coefficient (Wildman–Crippen LogP) is -0.226. The Morgan fingerprint density at radius 2 is 1.00 bits per heavy atom. The number of hydrogen-bond donors (Lipinski definition) is 6. The minimum Gasteiger partial charge on any atom is -0.370 e. The molecule has 0 fully saturated rings. The number of rotatable bonds is 9. The maximum atomic E-state index is 4.75. The third kappa shape index (κ3) is 14.4. The van der Waals surface area contributed by atoms with Crippen molar-refractivity contribution in [1.29, 1.82) is 0 Å². The van der Waals surface area contributed by atoms with Crippen molar-refractivity contribution in [3.05, 3.63) is 0 Å². The summed E-state index contributed by atoms with van der Waals surface area (Å²) in [4.78, 5) is 0. The summed E-state index contributed by atoms with van der Waals surface area (Å²) in [5.41, 5.74) is 0. The van der Waals surface area contributed by atoms with E-state index in [1.165, 1.54) is 0 Å². The molecule has 0 heterocycles. The van der Waals surface area contributed by atoms with E-state index < -0.39 is 0 Å². The van der Waals surface area contributed by atoms with Crippen LogP contribution >= 0.6 is 49.7 Å². The second-order valence-electron chi connectivity index (χ2n) is 2.96. The molecule has 0 saturated carbocycles. The van der Waals surface area contributed by atoms with E-state index in [1.54, 1.807) is 0 Å². The minimum absolute atomic E-state index is 0.536. The van der Waals surface area contributed by atoms with Crippen molar-refractivity contribution in [3.63, 3.8) is 0 Å². The first-order valence-corrected chi connectivity index (χ1v) is 6.69. The van der Waals surface area contributed by atoms with Gasteiger partial charge >= 0.3 is 0 Å². The molecule has 94 valence electrons. The van der Waals surface area contributed by atoms with E-state index in [-0.39, 0.29) is 0 Å². The van der Waals surface area contributed by atoms with Crippen molar-refractivity contribution in [2.75, 3.05) is 39.3 Å². The van der Waals surface area contributed by atoms with Crippen LogP contribution in [-0.2, 0) is 0 Å².